The van der Waals surface area contributed by atoms with E-state index < -0.39 is 11.7 Å². The minimum absolute atomic E-state index is 0.0870. The average molecular weight is 353 g/mol. The van der Waals surface area contributed by atoms with E-state index in [2.05, 4.69) is 15.3 Å². The van der Waals surface area contributed by atoms with Gasteiger partial charge in [0, 0.05) is 11.3 Å². The molecule has 2 aromatic rings. The van der Waals surface area contributed by atoms with Crippen molar-refractivity contribution in [3.63, 3.8) is 0 Å². The predicted octanol–water partition coefficient (Wildman–Crippen LogP) is 4.14. The molecule has 0 radical (unpaired) electrons. The van der Waals surface area contributed by atoms with Crippen molar-refractivity contribution < 1.29 is 18.3 Å². The van der Waals surface area contributed by atoms with Crippen LogP contribution in [0.2, 0.25) is 0 Å². The van der Waals surface area contributed by atoms with Gasteiger partial charge in [0.2, 0.25) is 5.95 Å². The van der Waals surface area contributed by atoms with Gasteiger partial charge in [-0.3, -0.25) is 0 Å². The molecule has 1 unspecified atom stereocenters. The molecule has 1 atom stereocenters. The van der Waals surface area contributed by atoms with Crippen molar-refractivity contribution in [1.29, 1.82) is 0 Å². The first-order valence-electron chi connectivity index (χ1n) is 7.82. The van der Waals surface area contributed by atoms with E-state index in [0.29, 0.717) is 17.0 Å². The molecule has 3 N–H and O–H groups in total. The van der Waals surface area contributed by atoms with Gasteiger partial charge in [0.05, 0.1) is 23.9 Å². The number of rotatable bonds is 6. The number of anilines is 1. The molecular formula is C17H20F3N4O-. The fraction of sp³-hybridized carbons (Fsp3) is 0.412. The highest BCUT2D eigenvalue weighted by atomic mass is 19.4. The van der Waals surface area contributed by atoms with Crippen LogP contribution < -0.4 is 5.32 Å². The Morgan fingerprint density at radius 3 is 2.28 bits per heavy atom. The fourth-order valence-electron chi connectivity index (χ4n) is 2.22. The van der Waals surface area contributed by atoms with Gasteiger partial charge in [0.15, 0.2) is 0 Å². The lowest BCUT2D eigenvalue weighted by Gasteiger charge is -2.21. The standard InChI is InChI=1S/C17H20F3N4O/c1-10(2)15(9-25)24-16-22-13(8-21)7-14(23-16)11-3-5-12(6-4-11)17(18,19)20/h3-7,10,15,21,25H,8-9H2,1-2H3,(H,22,23,24)/q-1. The predicted molar refractivity (Wildman–Crippen MR) is 89.8 cm³/mol. The van der Waals surface area contributed by atoms with E-state index in [0.717, 1.165) is 12.1 Å². The van der Waals surface area contributed by atoms with E-state index in [-0.39, 0.29) is 31.1 Å². The van der Waals surface area contributed by atoms with E-state index >= 15 is 0 Å². The highest BCUT2D eigenvalue weighted by Gasteiger charge is 2.30. The molecule has 0 fully saturated rings. The molecule has 2 rings (SSSR count). The summed E-state index contributed by atoms with van der Waals surface area (Å²) in [6.07, 6.45) is -4.39. The molecule has 0 aliphatic carbocycles. The third-order valence-corrected chi connectivity index (χ3v) is 3.78. The lowest BCUT2D eigenvalue weighted by molar-refractivity contribution is -0.137. The number of halogens is 3. The first-order chi connectivity index (χ1) is 11.7. The SMILES string of the molecule is CC(C)C(CO)Nc1nc(C[NH-])cc(-c2ccc(C(F)(F)F)cc2)n1. The Kier molecular flexibility index (Phi) is 5.97. The summed E-state index contributed by atoms with van der Waals surface area (Å²) in [4.78, 5) is 8.52. The molecule has 5 nitrogen and oxygen atoms in total. The van der Waals surface area contributed by atoms with Crippen LogP contribution in [0.4, 0.5) is 19.1 Å². The van der Waals surface area contributed by atoms with Crippen molar-refractivity contribution in [3.05, 3.63) is 47.3 Å². The van der Waals surface area contributed by atoms with Crippen molar-refractivity contribution in [1.82, 2.24) is 9.97 Å². The summed E-state index contributed by atoms with van der Waals surface area (Å²) in [5, 5.41) is 12.4. The Balaban J connectivity index is 2.36. The smallest absolute Gasteiger partial charge is 0.416 e. The second-order valence-electron chi connectivity index (χ2n) is 6.00. The number of aliphatic hydroxyl groups is 1. The van der Waals surface area contributed by atoms with Crippen LogP contribution in [0.3, 0.4) is 0 Å². The van der Waals surface area contributed by atoms with Gasteiger partial charge in [0.1, 0.15) is 0 Å². The van der Waals surface area contributed by atoms with Gasteiger partial charge in [-0.25, -0.2) is 9.97 Å². The quantitative estimate of drug-likeness (QED) is 0.817. The largest absolute Gasteiger partial charge is 0.672 e. The van der Waals surface area contributed by atoms with Crippen LogP contribution >= 0.6 is 0 Å². The Labute approximate surface area is 144 Å². The number of alkyl halides is 3. The molecule has 0 spiro atoms. The number of hydrogen-bond acceptors (Lipinski definition) is 4. The summed E-state index contributed by atoms with van der Waals surface area (Å²) in [5.74, 6) is 0.371. The van der Waals surface area contributed by atoms with Crippen molar-refractivity contribution >= 4 is 5.95 Å². The maximum Gasteiger partial charge on any atom is 0.416 e. The summed E-state index contributed by atoms with van der Waals surface area (Å²) in [6.45, 7) is 3.66. The maximum absolute atomic E-state index is 12.7. The second-order valence-corrected chi connectivity index (χ2v) is 6.00. The molecule has 1 aromatic carbocycles. The van der Waals surface area contributed by atoms with Crippen molar-refractivity contribution in [2.45, 2.75) is 32.6 Å². The Morgan fingerprint density at radius 1 is 1.16 bits per heavy atom. The molecular weight excluding hydrogens is 333 g/mol. The molecule has 0 saturated carbocycles. The van der Waals surface area contributed by atoms with E-state index in [1.54, 1.807) is 6.07 Å². The van der Waals surface area contributed by atoms with E-state index in [4.69, 9.17) is 5.73 Å². The number of aromatic nitrogens is 2. The zero-order valence-electron chi connectivity index (χ0n) is 13.9. The highest BCUT2D eigenvalue weighted by molar-refractivity contribution is 5.61. The van der Waals surface area contributed by atoms with Crippen LogP contribution in [0.5, 0.6) is 0 Å². The number of nitrogens with one attached hydrogen (secondary N) is 2. The summed E-state index contributed by atoms with van der Waals surface area (Å²) in [5.41, 5.74) is 8.14. The molecule has 8 heteroatoms. The van der Waals surface area contributed by atoms with Crippen LogP contribution in [0.25, 0.3) is 17.0 Å². The molecule has 0 bridgehead atoms. The van der Waals surface area contributed by atoms with Crippen LogP contribution in [0.15, 0.2) is 30.3 Å². The van der Waals surface area contributed by atoms with E-state index in [1.807, 2.05) is 13.8 Å². The van der Waals surface area contributed by atoms with E-state index in [1.165, 1.54) is 12.1 Å². The van der Waals surface area contributed by atoms with Gasteiger partial charge in [-0.2, -0.15) is 13.2 Å². The van der Waals surface area contributed by atoms with Crippen LogP contribution in [0.1, 0.15) is 25.1 Å². The van der Waals surface area contributed by atoms with Gasteiger partial charge in [-0.1, -0.05) is 26.0 Å². The number of benzene rings is 1. The molecule has 0 amide bonds. The fourth-order valence-corrected chi connectivity index (χ4v) is 2.22. The Bertz CT molecular complexity index is 702. The molecule has 1 heterocycles. The van der Waals surface area contributed by atoms with Gasteiger partial charge >= 0.3 is 6.18 Å². The van der Waals surface area contributed by atoms with Gasteiger partial charge in [-0.05, 0) is 24.1 Å². The monoisotopic (exact) mass is 353 g/mol. The van der Waals surface area contributed by atoms with Gasteiger partial charge in [0.25, 0.3) is 0 Å². The number of hydrogen-bond donors (Lipinski definition) is 2. The van der Waals surface area contributed by atoms with Gasteiger partial charge < -0.3 is 16.2 Å². The van der Waals surface area contributed by atoms with Crippen LogP contribution in [-0.2, 0) is 12.7 Å². The Morgan fingerprint density at radius 2 is 1.80 bits per heavy atom. The molecule has 25 heavy (non-hydrogen) atoms. The Hall–Kier alpha value is -2.19. The summed E-state index contributed by atoms with van der Waals surface area (Å²) in [6, 6.07) is 5.99. The zero-order valence-corrected chi connectivity index (χ0v) is 13.9. The molecule has 1 aromatic heterocycles. The van der Waals surface area contributed by atoms with Crippen molar-refractivity contribution in [2.75, 3.05) is 11.9 Å². The number of nitrogens with zero attached hydrogens (tertiary/aromatic N) is 2. The normalized spacial score (nSPS) is 13.1. The maximum atomic E-state index is 12.7. The minimum Gasteiger partial charge on any atom is -0.672 e. The highest BCUT2D eigenvalue weighted by Crippen LogP contribution is 2.31. The zero-order chi connectivity index (χ0) is 18.6. The van der Waals surface area contributed by atoms with Gasteiger partial charge in [-0.15, -0.1) is 6.54 Å². The number of aliphatic hydroxyl groups excluding tert-OH is 1. The van der Waals surface area contributed by atoms with Crippen LogP contribution in [-0.4, -0.2) is 27.7 Å². The summed E-state index contributed by atoms with van der Waals surface area (Å²) < 4.78 is 38.0. The van der Waals surface area contributed by atoms with Crippen molar-refractivity contribution in [2.24, 2.45) is 5.92 Å². The lowest BCUT2D eigenvalue weighted by atomic mass is 10.1. The van der Waals surface area contributed by atoms with Crippen LogP contribution in [0, 0.1) is 5.92 Å². The summed E-state index contributed by atoms with van der Waals surface area (Å²) >= 11 is 0. The third kappa shape index (κ3) is 4.90. The first-order valence-corrected chi connectivity index (χ1v) is 7.82. The molecule has 0 saturated heterocycles. The molecule has 0 aliphatic heterocycles. The summed E-state index contributed by atoms with van der Waals surface area (Å²) in [7, 11) is 0. The van der Waals surface area contributed by atoms with Crippen molar-refractivity contribution in [3.8, 4) is 11.3 Å². The molecule has 136 valence electrons. The first kappa shape index (κ1) is 19.1. The molecule has 0 aliphatic rings. The van der Waals surface area contributed by atoms with E-state index in [9.17, 15) is 18.3 Å². The third-order valence-electron chi connectivity index (χ3n) is 3.78. The second kappa shape index (κ2) is 7.79. The average Bonchev–Trinajstić information content (AvgIpc) is 2.58. The lowest BCUT2D eigenvalue weighted by Crippen LogP contribution is -2.30. The minimum atomic E-state index is -4.39. The topological polar surface area (TPSA) is 81.8 Å².